The highest BCUT2D eigenvalue weighted by Crippen LogP contribution is 2.31. The van der Waals surface area contributed by atoms with Gasteiger partial charge in [-0.2, -0.15) is 0 Å². The zero-order valence-corrected chi connectivity index (χ0v) is 9.93. The zero-order chi connectivity index (χ0) is 10.1. The van der Waals surface area contributed by atoms with Gasteiger partial charge in [0.05, 0.1) is 0 Å². The van der Waals surface area contributed by atoms with Crippen molar-refractivity contribution in [3.05, 3.63) is 0 Å². The van der Waals surface area contributed by atoms with E-state index in [1.165, 1.54) is 25.9 Å². The second-order valence-corrected chi connectivity index (χ2v) is 5.93. The van der Waals surface area contributed by atoms with Crippen molar-refractivity contribution in [3.63, 3.8) is 0 Å². The van der Waals surface area contributed by atoms with Gasteiger partial charge in [0.2, 0.25) is 0 Å². The van der Waals surface area contributed by atoms with Gasteiger partial charge in [0, 0.05) is 13.1 Å². The van der Waals surface area contributed by atoms with E-state index in [2.05, 4.69) is 39.6 Å². The number of hydrogen-bond donors (Lipinski definition) is 0. The quantitative estimate of drug-likeness (QED) is 0.647. The Hall–Kier alpha value is -0.0400. The molecular weight excluding hydrogens is 158 g/mol. The normalized spacial score (nSPS) is 20.8. The smallest absolute Gasteiger partial charge is 0.000908 e. The first-order chi connectivity index (χ1) is 5.89. The fourth-order valence-electron chi connectivity index (χ4n) is 1.56. The highest BCUT2D eigenvalue weighted by Gasteiger charge is 2.25. The van der Waals surface area contributed by atoms with Gasteiger partial charge >= 0.3 is 0 Å². The molecule has 0 aliphatic heterocycles. The van der Waals surface area contributed by atoms with Crippen LogP contribution in [0.4, 0.5) is 0 Å². The summed E-state index contributed by atoms with van der Waals surface area (Å²) in [5, 5.41) is 0. The Morgan fingerprint density at radius 3 is 2.23 bits per heavy atom. The number of rotatable bonds is 4. The number of nitrogens with zero attached hydrogens (tertiary/aromatic N) is 1. The topological polar surface area (TPSA) is 3.24 Å². The largest absolute Gasteiger partial charge is 0.306 e. The van der Waals surface area contributed by atoms with E-state index in [0.717, 1.165) is 11.8 Å². The molecule has 0 spiro atoms. The average Bonchev–Trinajstić information content (AvgIpc) is 2.68. The summed E-state index contributed by atoms with van der Waals surface area (Å²) in [5.41, 5.74) is 0.456. The molecule has 0 aromatic rings. The van der Waals surface area contributed by atoms with Crippen LogP contribution in [0.25, 0.3) is 0 Å². The van der Waals surface area contributed by atoms with E-state index in [1.807, 2.05) is 0 Å². The molecule has 78 valence electrons. The lowest BCUT2D eigenvalue weighted by molar-refractivity contribution is 0.179. The van der Waals surface area contributed by atoms with Crippen molar-refractivity contribution in [2.75, 3.05) is 20.1 Å². The van der Waals surface area contributed by atoms with Gasteiger partial charge in [0.25, 0.3) is 0 Å². The minimum absolute atomic E-state index is 0.456. The van der Waals surface area contributed by atoms with Gasteiger partial charge in [-0.1, -0.05) is 27.7 Å². The van der Waals surface area contributed by atoms with Crippen LogP contribution in [0.1, 0.15) is 40.5 Å². The standard InChI is InChI=1S/C12H25N/c1-10(12(2,3)4)8-13(5)9-11-6-7-11/h10-11H,6-9H2,1-5H3. The van der Waals surface area contributed by atoms with E-state index in [4.69, 9.17) is 0 Å². The highest BCUT2D eigenvalue weighted by atomic mass is 15.1. The van der Waals surface area contributed by atoms with Crippen molar-refractivity contribution in [2.45, 2.75) is 40.5 Å². The van der Waals surface area contributed by atoms with Crippen molar-refractivity contribution < 1.29 is 0 Å². The molecule has 0 saturated heterocycles. The van der Waals surface area contributed by atoms with E-state index in [9.17, 15) is 0 Å². The summed E-state index contributed by atoms with van der Waals surface area (Å²) in [5.74, 6) is 1.81. The Morgan fingerprint density at radius 1 is 1.31 bits per heavy atom. The summed E-state index contributed by atoms with van der Waals surface area (Å²) in [7, 11) is 2.26. The van der Waals surface area contributed by atoms with Crippen LogP contribution in [0.15, 0.2) is 0 Å². The lowest BCUT2D eigenvalue weighted by Crippen LogP contribution is -2.32. The third-order valence-electron chi connectivity index (χ3n) is 3.33. The first-order valence-corrected chi connectivity index (χ1v) is 5.58. The van der Waals surface area contributed by atoms with Crippen LogP contribution in [-0.4, -0.2) is 25.0 Å². The van der Waals surface area contributed by atoms with Gasteiger partial charge < -0.3 is 4.90 Å². The van der Waals surface area contributed by atoms with Crippen molar-refractivity contribution in [3.8, 4) is 0 Å². The molecule has 1 saturated carbocycles. The van der Waals surface area contributed by atoms with Gasteiger partial charge in [0.1, 0.15) is 0 Å². The third kappa shape index (κ3) is 4.12. The fraction of sp³-hybridized carbons (Fsp3) is 1.00. The fourth-order valence-corrected chi connectivity index (χ4v) is 1.56. The van der Waals surface area contributed by atoms with Crippen LogP contribution in [0.2, 0.25) is 0 Å². The summed E-state index contributed by atoms with van der Waals surface area (Å²) in [6, 6.07) is 0. The van der Waals surface area contributed by atoms with Gasteiger partial charge in [-0.15, -0.1) is 0 Å². The second-order valence-electron chi connectivity index (χ2n) is 5.93. The predicted octanol–water partition coefficient (Wildman–Crippen LogP) is 3.01. The van der Waals surface area contributed by atoms with Crippen LogP contribution in [0.5, 0.6) is 0 Å². The molecule has 1 aliphatic rings. The average molecular weight is 183 g/mol. The predicted molar refractivity (Wildman–Crippen MR) is 58.8 cm³/mol. The molecule has 1 fully saturated rings. The van der Waals surface area contributed by atoms with Crippen molar-refractivity contribution in [1.82, 2.24) is 4.90 Å². The summed E-state index contributed by atoms with van der Waals surface area (Å²) in [6.07, 6.45) is 2.93. The molecule has 0 heterocycles. The SMILES string of the molecule is CC(CN(C)CC1CC1)C(C)(C)C. The lowest BCUT2D eigenvalue weighted by atomic mass is 9.82. The summed E-state index contributed by atoms with van der Waals surface area (Å²) < 4.78 is 0. The van der Waals surface area contributed by atoms with Crippen molar-refractivity contribution in [2.24, 2.45) is 17.3 Å². The number of hydrogen-bond acceptors (Lipinski definition) is 1. The summed E-state index contributed by atoms with van der Waals surface area (Å²) in [4.78, 5) is 2.51. The molecule has 1 atom stereocenters. The zero-order valence-electron chi connectivity index (χ0n) is 9.93. The molecule has 0 N–H and O–H groups in total. The minimum atomic E-state index is 0.456. The van der Waals surface area contributed by atoms with Gasteiger partial charge in [0.15, 0.2) is 0 Å². The Balaban J connectivity index is 2.21. The van der Waals surface area contributed by atoms with E-state index >= 15 is 0 Å². The molecule has 1 unspecified atom stereocenters. The molecule has 1 aliphatic carbocycles. The Bertz CT molecular complexity index is 153. The van der Waals surface area contributed by atoms with Crippen molar-refractivity contribution >= 4 is 0 Å². The van der Waals surface area contributed by atoms with Crippen molar-refractivity contribution in [1.29, 1.82) is 0 Å². The second kappa shape index (κ2) is 4.00. The lowest BCUT2D eigenvalue weighted by Gasteiger charge is -2.31. The molecule has 0 amide bonds. The highest BCUT2D eigenvalue weighted by molar-refractivity contribution is 4.78. The Labute approximate surface area is 83.5 Å². The van der Waals surface area contributed by atoms with Crippen LogP contribution in [0, 0.1) is 17.3 Å². The minimum Gasteiger partial charge on any atom is -0.306 e. The molecule has 0 bridgehead atoms. The summed E-state index contributed by atoms with van der Waals surface area (Å²) in [6.45, 7) is 11.9. The van der Waals surface area contributed by atoms with E-state index < -0.39 is 0 Å². The monoisotopic (exact) mass is 183 g/mol. The maximum atomic E-state index is 2.51. The molecular formula is C12H25N. The Kier molecular flexibility index (Phi) is 3.39. The first-order valence-electron chi connectivity index (χ1n) is 5.58. The Morgan fingerprint density at radius 2 is 1.85 bits per heavy atom. The molecule has 13 heavy (non-hydrogen) atoms. The molecule has 0 radical (unpaired) electrons. The third-order valence-corrected chi connectivity index (χ3v) is 3.33. The summed E-state index contributed by atoms with van der Waals surface area (Å²) >= 11 is 0. The molecule has 1 nitrogen and oxygen atoms in total. The molecule has 1 rings (SSSR count). The molecule has 1 heteroatoms. The van der Waals surface area contributed by atoms with Crippen LogP contribution >= 0.6 is 0 Å². The van der Waals surface area contributed by atoms with E-state index in [0.29, 0.717) is 5.41 Å². The van der Waals surface area contributed by atoms with E-state index in [1.54, 1.807) is 0 Å². The van der Waals surface area contributed by atoms with E-state index in [-0.39, 0.29) is 0 Å². The molecule has 0 aromatic carbocycles. The van der Waals surface area contributed by atoms with Crippen LogP contribution < -0.4 is 0 Å². The maximum absolute atomic E-state index is 2.51. The van der Waals surface area contributed by atoms with Gasteiger partial charge in [-0.05, 0) is 37.1 Å². The van der Waals surface area contributed by atoms with Crippen LogP contribution in [-0.2, 0) is 0 Å². The molecule has 0 aromatic heterocycles. The maximum Gasteiger partial charge on any atom is 0.000908 e. The first kappa shape index (κ1) is 11.0. The van der Waals surface area contributed by atoms with Crippen LogP contribution in [0.3, 0.4) is 0 Å². The van der Waals surface area contributed by atoms with Gasteiger partial charge in [-0.25, -0.2) is 0 Å². The van der Waals surface area contributed by atoms with Gasteiger partial charge in [-0.3, -0.25) is 0 Å².